The summed E-state index contributed by atoms with van der Waals surface area (Å²) in [4.78, 5) is 4.78. The molecule has 1 aromatic carbocycles. The SMILES string of the molecule is CCN1CCCC1CN(C)C(CN)c1ccc(F)c(Cl)c1. The zero-order chi connectivity index (χ0) is 15.4. The van der Waals surface area contributed by atoms with Crippen LogP contribution in [0.25, 0.3) is 0 Å². The largest absolute Gasteiger partial charge is 0.329 e. The summed E-state index contributed by atoms with van der Waals surface area (Å²) in [5.41, 5.74) is 6.92. The van der Waals surface area contributed by atoms with Crippen LogP contribution in [0.15, 0.2) is 18.2 Å². The van der Waals surface area contributed by atoms with Crippen LogP contribution in [0.2, 0.25) is 5.02 Å². The van der Waals surface area contributed by atoms with Gasteiger partial charge in [0.2, 0.25) is 0 Å². The molecule has 2 atom stereocenters. The van der Waals surface area contributed by atoms with E-state index in [2.05, 4.69) is 23.8 Å². The molecular weight excluding hydrogens is 289 g/mol. The number of nitrogens with zero attached hydrogens (tertiary/aromatic N) is 2. The van der Waals surface area contributed by atoms with E-state index < -0.39 is 0 Å². The van der Waals surface area contributed by atoms with E-state index in [9.17, 15) is 4.39 Å². The highest BCUT2D eigenvalue weighted by Gasteiger charge is 2.26. The van der Waals surface area contributed by atoms with Gasteiger partial charge in [-0.25, -0.2) is 4.39 Å². The Morgan fingerprint density at radius 1 is 1.52 bits per heavy atom. The van der Waals surface area contributed by atoms with E-state index in [1.165, 1.54) is 25.5 Å². The zero-order valence-corrected chi connectivity index (χ0v) is 13.6. The van der Waals surface area contributed by atoms with Crippen LogP contribution in [0.4, 0.5) is 4.39 Å². The van der Waals surface area contributed by atoms with Crippen LogP contribution in [0.1, 0.15) is 31.4 Å². The molecule has 1 heterocycles. The second-order valence-electron chi connectivity index (χ2n) is 5.79. The number of nitrogens with two attached hydrogens (primary N) is 1. The summed E-state index contributed by atoms with van der Waals surface area (Å²) in [6.45, 7) is 5.96. The van der Waals surface area contributed by atoms with Crippen molar-refractivity contribution in [3.05, 3.63) is 34.6 Å². The van der Waals surface area contributed by atoms with Crippen LogP contribution in [-0.2, 0) is 0 Å². The highest BCUT2D eigenvalue weighted by Crippen LogP contribution is 2.26. The van der Waals surface area contributed by atoms with E-state index in [1.54, 1.807) is 12.1 Å². The Hall–Kier alpha value is -0.680. The Labute approximate surface area is 131 Å². The first-order valence-corrected chi connectivity index (χ1v) is 8.04. The summed E-state index contributed by atoms with van der Waals surface area (Å²) in [6, 6.07) is 5.55. The molecule has 0 bridgehead atoms. The molecule has 0 saturated carbocycles. The van der Waals surface area contributed by atoms with E-state index in [1.807, 2.05) is 0 Å². The van der Waals surface area contributed by atoms with Crippen LogP contribution in [0, 0.1) is 5.82 Å². The van der Waals surface area contributed by atoms with Gasteiger partial charge in [-0.15, -0.1) is 0 Å². The molecule has 2 rings (SSSR count). The summed E-state index contributed by atoms with van der Waals surface area (Å²) in [7, 11) is 2.08. The summed E-state index contributed by atoms with van der Waals surface area (Å²) >= 11 is 5.89. The van der Waals surface area contributed by atoms with Crippen molar-refractivity contribution in [1.82, 2.24) is 9.80 Å². The van der Waals surface area contributed by atoms with Gasteiger partial charge in [-0.3, -0.25) is 9.80 Å². The molecule has 1 fully saturated rings. The van der Waals surface area contributed by atoms with Crippen molar-refractivity contribution in [2.45, 2.75) is 31.8 Å². The van der Waals surface area contributed by atoms with Gasteiger partial charge >= 0.3 is 0 Å². The van der Waals surface area contributed by atoms with Crippen LogP contribution < -0.4 is 5.73 Å². The topological polar surface area (TPSA) is 32.5 Å². The molecule has 1 aliphatic heterocycles. The predicted molar refractivity (Wildman–Crippen MR) is 86.1 cm³/mol. The molecule has 118 valence electrons. The molecule has 1 aliphatic rings. The molecular formula is C16H25ClFN3. The average Bonchev–Trinajstić information content (AvgIpc) is 2.90. The first-order valence-electron chi connectivity index (χ1n) is 7.66. The molecule has 0 spiro atoms. The number of benzene rings is 1. The number of likely N-dealkylation sites (N-methyl/N-ethyl adjacent to an activating group) is 2. The van der Waals surface area contributed by atoms with Crippen molar-refractivity contribution in [3.8, 4) is 0 Å². The van der Waals surface area contributed by atoms with Gasteiger partial charge in [0, 0.05) is 25.2 Å². The third-order valence-electron chi connectivity index (χ3n) is 4.49. The molecule has 21 heavy (non-hydrogen) atoms. The van der Waals surface area contributed by atoms with Gasteiger partial charge in [0.05, 0.1) is 5.02 Å². The van der Waals surface area contributed by atoms with E-state index >= 15 is 0 Å². The number of hydrogen-bond acceptors (Lipinski definition) is 3. The lowest BCUT2D eigenvalue weighted by Crippen LogP contribution is -2.41. The lowest BCUT2D eigenvalue weighted by Gasteiger charge is -2.33. The lowest BCUT2D eigenvalue weighted by atomic mass is 10.0. The molecule has 1 saturated heterocycles. The summed E-state index contributed by atoms with van der Waals surface area (Å²) in [5, 5.41) is 0.162. The van der Waals surface area contributed by atoms with Crippen molar-refractivity contribution < 1.29 is 4.39 Å². The van der Waals surface area contributed by atoms with Gasteiger partial charge in [0.1, 0.15) is 5.82 Å². The molecule has 0 aliphatic carbocycles. The minimum absolute atomic E-state index is 0.0717. The molecule has 5 heteroatoms. The van der Waals surface area contributed by atoms with Crippen LogP contribution in [-0.4, -0.2) is 49.1 Å². The quantitative estimate of drug-likeness (QED) is 0.876. The zero-order valence-electron chi connectivity index (χ0n) is 12.9. The summed E-state index contributed by atoms with van der Waals surface area (Å²) < 4.78 is 13.3. The number of likely N-dealkylation sites (tertiary alicyclic amines) is 1. The van der Waals surface area contributed by atoms with Crippen molar-refractivity contribution in [2.24, 2.45) is 5.73 Å². The Kier molecular flexibility index (Phi) is 5.99. The van der Waals surface area contributed by atoms with Gasteiger partial charge in [0.25, 0.3) is 0 Å². The minimum Gasteiger partial charge on any atom is -0.329 e. The Morgan fingerprint density at radius 3 is 2.90 bits per heavy atom. The van der Waals surface area contributed by atoms with Crippen LogP contribution >= 0.6 is 11.6 Å². The smallest absolute Gasteiger partial charge is 0.141 e. The van der Waals surface area contributed by atoms with Crippen molar-refractivity contribution >= 4 is 11.6 Å². The molecule has 0 radical (unpaired) electrons. The summed E-state index contributed by atoms with van der Waals surface area (Å²) in [6.07, 6.45) is 2.50. The maximum absolute atomic E-state index is 13.3. The molecule has 1 aromatic rings. The number of halogens is 2. The van der Waals surface area contributed by atoms with Crippen molar-refractivity contribution in [1.29, 1.82) is 0 Å². The molecule has 0 amide bonds. The number of rotatable bonds is 6. The van der Waals surface area contributed by atoms with Crippen molar-refractivity contribution in [2.75, 3.05) is 33.2 Å². The maximum Gasteiger partial charge on any atom is 0.141 e. The maximum atomic E-state index is 13.3. The molecule has 2 N–H and O–H groups in total. The fourth-order valence-electron chi connectivity index (χ4n) is 3.27. The third kappa shape index (κ3) is 3.95. The first-order chi connectivity index (χ1) is 10.1. The second-order valence-corrected chi connectivity index (χ2v) is 6.20. The van der Waals surface area contributed by atoms with Gasteiger partial charge in [-0.1, -0.05) is 24.6 Å². The monoisotopic (exact) mass is 313 g/mol. The Morgan fingerprint density at radius 2 is 2.29 bits per heavy atom. The first kappa shape index (κ1) is 16.7. The Balaban J connectivity index is 2.07. The normalized spacial score (nSPS) is 21.1. The molecule has 0 aromatic heterocycles. The predicted octanol–water partition coefficient (Wildman–Crippen LogP) is 2.90. The average molecular weight is 314 g/mol. The van der Waals surface area contributed by atoms with Crippen molar-refractivity contribution in [3.63, 3.8) is 0 Å². The Bertz CT molecular complexity index is 469. The van der Waals surface area contributed by atoms with E-state index in [-0.39, 0.29) is 16.9 Å². The minimum atomic E-state index is -0.383. The number of hydrogen-bond donors (Lipinski definition) is 1. The molecule has 3 nitrogen and oxygen atoms in total. The summed E-state index contributed by atoms with van der Waals surface area (Å²) in [5.74, 6) is -0.383. The highest BCUT2D eigenvalue weighted by molar-refractivity contribution is 6.30. The van der Waals surface area contributed by atoms with Crippen LogP contribution in [0.5, 0.6) is 0 Å². The van der Waals surface area contributed by atoms with E-state index in [0.29, 0.717) is 12.6 Å². The highest BCUT2D eigenvalue weighted by atomic mass is 35.5. The lowest BCUT2D eigenvalue weighted by molar-refractivity contribution is 0.166. The van der Waals surface area contributed by atoms with E-state index in [0.717, 1.165) is 18.7 Å². The van der Waals surface area contributed by atoms with Gasteiger partial charge < -0.3 is 5.73 Å². The van der Waals surface area contributed by atoms with Gasteiger partial charge in [-0.05, 0) is 50.7 Å². The van der Waals surface area contributed by atoms with Gasteiger partial charge in [0.15, 0.2) is 0 Å². The fourth-order valence-corrected chi connectivity index (χ4v) is 3.46. The van der Waals surface area contributed by atoms with Gasteiger partial charge in [-0.2, -0.15) is 0 Å². The second kappa shape index (κ2) is 7.54. The third-order valence-corrected chi connectivity index (χ3v) is 4.78. The standard InChI is InChI=1S/C16H25ClFN3/c1-3-21-8-4-5-13(21)11-20(2)16(10-19)12-6-7-15(18)14(17)9-12/h6-7,9,13,16H,3-5,8,10-11,19H2,1-2H3. The molecule has 2 unspecified atom stereocenters. The fraction of sp³-hybridized carbons (Fsp3) is 0.625. The van der Waals surface area contributed by atoms with E-state index in [4.69, 9.17) is 17.3 Å². The van der Waals surface area contributed by atoms with Crippen LogP contribution in [0.3, 0.4) is 0 Å².